The number of carbonyl (C=O) groups excluding carboxylic acids is 7. The highest BCUT2D eigenvalue weighted by Gasteiger charge is 2.29. The molecule has 0 aliphatic carbocycles. The summed E-state index contributed by atoms with van der Waals surface area (Å²) in [6, 6.07) is -4.56. The summed E-state index contributed by atoms with van der Waals surface area (Å²) >= 11 is 0. The van der Waals surface area contributed by atoms with E-state index in [1.54, 1.807) is 14.0 Å². The molecule has 4 unspecified atom stereocenters. The van der Waals surface area contributed by atoms with E-state index in [0.29, 0.717) is 45.1 Å². The Kier molecular flexibility index (Phi) is 31.9. The van der Waals surface area contributed by atoms with Crippen LogP contribution in [0.1, 0.15) is 118 Å². The van der Waals surface area contributed by atoms with Gasteiger partial charge in [0.25, 0.3) is 0 Å². The minimum atomic E-state index is -1.12. The van der Waals surface area contributed by atoms with E-state index in [9.17, 15) is 33.6 Å². The summed E-state index contributed by atoms with van der Waals surface area (Å²) in [6.07, 6.45) is 6.38. The van der Waals surface area contributed by atoms with Crippen molar-refractivity contribution in [2.45, 2.75) is 148 Å². The van der Waals surface area contributed by atoms with Gasteiger partial charge >= 0.3 is 0 Å². The average Bonchev–Trinajstić information content (AvgIpc) is 3.22. The summed E-state index contributed by atoms with van der Waals surface area (Å²) in [4.78, 5) is 99.5. The summed E-state index contributed by atoms with van der Waals surface area (Å²) in [5, 5.41) is 19.6. The first-order valence-corrected chi connectivity index (χ1v) is 22.0. The Morgan fingerprint density at radius 1 is 0.597 bits per heavy atom. The monoisotopic (exact) mass is 882 g/mol. The number of likely N-dealkylation sites (N-methyl/N-ethyl adjacent to an activating group) is 1. The van der Waals surface area contributed by atoms with Gasteiger partial charge in [-0.25, -0.2) is 0 Å². The first kappa shape index (κ1) is 57.1. The first-order chi connectivity index (χ1) is 29.5. The molecule has 356 valence electrons. The lowest BCUT2D eigenvalue weighted by atomic mass is 9.89. The second kappa shape index (κ2) is 34.7. The van der Waals surface area contributed by atoms with Crippen LogP contribution in [-0.2, 0) is 38.3 Å². The molecule has 0 rings (SSSR count). The van der Waals surface area contributed by atoms with E-state index >= 15 is 0 Å². The van der Waals surface area contributed by atoms with E-state index in [1.807, 2.05) is 14.0 Å². The van der Waals surface area contributed by atoms with Crippen LogP contribution in [0.5, 0.6) is 0 Å². The van der Waals surface area contributed by atoms with E-state index in [1.165, 1.54) is 13.8 Å². The van der Waals surface area contributed by atoms with Gasteiger partial charge in [-0.05, 0) is 106 Å². The van der Waals surface area contributed by atoms with Crippen molar-refractivity contribution in [2.75, 3.05) is 53.5 Å². The predicted octanol–water partition coefficient (Wildman–Crippen LogP) is -1.29. The van der Waals surface area contributed by atoms with Crippen LogP contribution in [0.4, 0.5) is 0 Å². The van der Waals surface area contributed by atoms with Gasteiger partial charge in [-0.1, -0.05) is 19.8 Å². The van der Waals surface area contributed by atoms with Crippen LogP contribution in [0.3, 0.4) is 0 Å². The number of Topliss-reactive ketones (excluding diaryl/α,β-unsaturated/α-hetero) is 2. The van der Waals surface area contributed by atoms with Gasteiger partial charge in [0.1, 0.15) is 23.9 Å². The molecule has 0 aromatic heterocycles. The van der Waals surface area contributed by atoms with Crippen molar-refractivity contribution in [3.8, 4) is 0 Å². The Morgan fingerprint density at radius 3 is 1.69 bits per heavy atom. The highest BCUT2D eigenvalue weighted by atomic mass is 16.5. The normalized spacial score (nSPS) is 13.8. The average molecular weight is 882 g/mol. The predicted molar refractivity (Wildman–Crippen MR) is 241 cm³/mol. The third-order valence-corrected chi connectivity index (χ3v) is 10.0. The molecule has 0 spiro atoms. The maximum absolute atomic E-state index is 13.5. The zero-order chi connectivity index (χ0) is 46.9. The number of guanidine groups is 2. The highest BCUT2D eigenvalue weighted by Crippen LogP contribution is 2.17. The van der Waals surface area contributed by atoms with Crippen LogP contribution in [-0.4, -0.2) is 137 Å². The lowest BCUT2D eigenvalue weighted by Crippen LogP contribution is -2.57. The fraction of sp³-hybridized carbons (Fsp3) is 0.780. The van der Waals surface area contributed by atoms with Gasteiger partial charge in [0.05, 0.1) is 18.7 Å². The molecular weight excluding hydrogens is 803 g/mol. The minimum absolute atomic E-state index is 0.0286. The van der Waals surface area contributed by atoms with Gasteiger partial charge in [0.15, 0.2) is 17.7 Å². The Balaban J connectivity index is 5.62. The Hall–Kier alpha value is -4.89. The number of amides is 5. The molecule has 0 radical (unpaired) electrons. The maximum atomic E-state index is 13.5. The largest absolute Gasteiger partial charge is 0.381 e. The van der Waals surface area contributed by atoms with Crippen molar-refractivity contribution in [3.05, 3.63) is 0 Å². The molecule has 21 heteroatoms. The lowest BCUT2D eigenvalue weighted by Gasteiger charge is -2.25. The molecule has 0 saturated heterocycles. The van der Waals surface area contributed by atoms with E-state index < -0.39 is 59.8 Å². The number of rotatable bonds is 37. The first-order valence-electron chi connectivity index (χ1n) is 22.0. The molecule has 62 heavy (non-hydrogen) atoms. The van der Waals surface area contributed by atoms with Gasteiger partial charge in [0.2, 0.25) is 29.5 Å². The number of hydrogen-bond donors (Lipinski definition) is 11. The van der Waals surface area contributed by atoms with Gasteiger partial charge < -0.3 is 64.9 Å². The van der Waals surface area contributed by atoms with Crippen molar-refractivity contribution in [2.24, 2.45) is 38.8 Å². The number of nitrogens with two attached hydrogens (primary N) is 4. The topological polar surface area (TPSA) is 342 Å². The van der Waals surface area contributed by atoms with Crippen molar-refractivity contribution in [1.29, 1.82) is 0 Å². The van der Waals surface area contributed by atoms with E-state index in [0.717, 1.165) is 32.2 Å². The minimum Gasteiger partial charge on any atom is -0.381 e. The van der Waals surface area contributed by atoms with Crippen molar-refractivity contribution < 1.29 is 38.3 Å². The second-order valence-corrected chi connectivity index (χ2v) is 15.5. The zero-order valence-electron chi connectivity index (χ0n) is 38.1. The molecule has 5 amide bonds. The van der Waals surface area contributed by atoms with E-state index in [4.69, 9.17) is 27.7 Å². The SMILES string of the molecule is CCCCOCCC(=O)N[C@@H](CCCCNC(=O)C(C)NC(=O)C(CCCN=C(N)N)NC(=O)C(CCCN=C(N)N)NC(=O)C(C)NC)C(=O)C[C@@H](CCCCNC)C(C)=O. The van der Waals surface area contributed by atoms with Crippen LogP contribution >= 0.6 is 0 Å². The number of unbranched alkanes of at least 4 members (excludes halogenated alkanes) is 3. The number of ketones is 2. The van der Waals surface area contributed by atoms with Crippen molar-refractivity contribution in [3.63, 3.8) is 0 Å². The van der Waals surface area contributed by atoms with Gasteiger partial charge in [-0.2, -0.15) is 0 Å². The number of hydrogen-bond acceptors (Lipinski definition) is 12. The molecule has 15 N–H and O–H groups in total. The van der Waals surface area contributed by atoms with Crippen LogP contribution in [0.2, 0.25) is 0 Å². The third-order valence-electron chi connectivity index (χ3n) is 10.0. The number of nitrogens with one attached hydrogen (secondary N) is 7. The fourth-order valence-corrected chi connectivity index (χ4v) is 6.08. The van der Waals surface area contributed by atoms with Crippen LogP contribution in [0, 0.1) is 5.92 Å². The summed E-state index contributed by atoms with van der Waals surface area (Å²) in [5.41, 5.74) is 21.7. The highest BCUT2D eigenvalue weighted by molar-refractivity contribution is 5.95. The standard InChI is InChI=1S/C41H79N13O8/c1-7-8-24-62-25-19-35(57)52-31(34(56)26-30(29(4)55)15-9-11-20-46-5)16-10-12-21-48-36(58)28(3)51-38(60)32(17-13-22-49-40(42)43)54-39(61)33(18-14-23-50-41(44)45)53-37(59)27(2)47-6/h27-28,30-33,46-47H,7-26H2,1-6H3,(H,48,58)(H,51,60)(H,52,57)(H,53,59)(H,54,61)(H4,42,43,49)(H4,44,45,50)/t27?,28?,30-,31+,32?,33?/m1/s1. The smallest absolute Gasteiger partial charge is 0.243 e. The molecule has 0 aromatic carbocycles. The Morgan fingerprint density at radius 2 is 1.15 bits per heavy atom. The van der Waals surface area contributed by atoms with Crippen LogP contribution in [0.15, 0.2) is 9.98 Å². The summed E-state index contributed by atoms with van der Waals surface area (Å²) in [5.74, 6) is -3.46. The molecule has 0 fully saturated rings. The Bertz CT molecular complexity index is 1420. The number of nitrogens with zero attached hydrogens (tertiary/aromatic N) is 2. The van der Waals surface area contributed by atoms with Gasteiger partial charge in [-0.3, -0.25) is 43.5 Å². The van der Waals surface area contributed by atoms with Crippen LogP contribution in [0.25, 0.3) is 0 Å². The van der Waals surface area contributed by atoms with E-state index in [-0.39, 0.29) is 81.3 Å². The molecule has 0 bridgehead atoms. The molecular formula is C41H79N13O8. The van der Waals surface area contributed by atoms with Crippen molar-refractivity contribution >= 4 is 53.0 Å². The molecule has 0 aliphatic heterocycles. The van der Waals surface area contributed by atoms with Gasteiger partial charge in [0, 0.05) is 45.0 Å². The molecule has 0 heterocycles. The molecule has 21 nitrogen and oxygen atoms in total. The molecule has 0 aromatic rings. The number of ether oxygens (including phenoxy) is 1. The molecule has 6 atom stereocenters. The Labute approximate surface area is 368 Å². The van der Waals surface area contributed by atoms with Crippen molar-refractivity contribution in [1.82, 2.24) is 37.2 Å². The summed E-state index contributed by atoms with van der Waals surface area (Å²) in [7, 11) is 3.46. The molecule has 0 saturated carbocycles. The number of aliphatic imine (C=N–C) groups is 2. The maximum Gasteiger partial charge on any atom is 0.243 e. The fourth-order valence-electron chi connectivity index (χ4n) is 6.08. The zero-order valence-corrected chi connectivity index (χ0v) is 38.1. The second-order valence-electron chi connectivity index (χ2n) is 15.5. The summed E-state index contributed by atoms with van der Waals surface area (Å²) < 4.78 is 5.52. The summed E-state index contributed by atoms with van der Waals surface area (Å²) in [6.45, 7) is 8.85. The third kappa shape index (κ3) is 27.9. The van der Waals surface area contributed by atoms with E-state index in [2.05, 4.69) is 47.2 Å². The van der Waals surface area contributed by atoms with Gasteiger partial charge in [-0.15, -0.1) is 0 Å². The lowest BCUT2D eigenvalue weighted by molar-refractivity contribution is -0.134. The molecule has 0 aliphatic rings. The number of carbonyl (C=O) groups is 7. The quantitative estimate of drug-likeness (QED) is 0.0197. The van der Waals surface area contributed by atoms with Crippen LogP contribution < -0.4 is 60.2 Å².